The number of ether oxygens (including phenoxy) is 1. The standard InChI is InChI=1S/C25H30Cl2N2O3/c1-3-18-8-12-22(13-9-18)32-16-24(30)29(15-19-10-11-20(26)14-23(19)27)17(2)25(31)28-21-6-4-5-7-21/h8-14,17,21H,3-7,15-16H2,1-2H3,(H,28,31). The number of aryl methyl sites for hydroxylation is 1. The second-order valence-corrected chi connectivity index (χ2v) is 9.05. The molecule has 2 aromatic carbocycles. The van der Waals surface area contributed by atoms with E-state index in [1.54, 1.807) is 25.1 Å². The Balaban J connectivity index is 1.72. The van der Waals surface area contributed by atoms with Crippen LogP contribution in [-0.2, 0) is 22.6 Å². The van der Waals surface area contributed by atoms with Crippen molar-refractivity contribution in [3.05, 3.63) is 63.6 Å². The van der Waals surface area contributed by atoms with Gasteiger partial charge in [-0.05, 0) is 61.6 Å². The van der Waals surface area contributed by atoms with E-state index in [0.29, 0.717) is 15.8 Å². The summed E-state index contributed by atoms with van der Waals surface area (Å²) in [5.74, 6) is 0.162. The van der Waals surface area contributed by atoms with Gasteiger partial charge in [0.15, 0.2) is 6.61 Å². The van der Waals surface area contributed by atoms with Crippen molar-refractivity contribution in [2.75, 3.05) is 6.61 Å². The number of carbonyl (C=O) groups excluding carboxylic acids is 2. The Bertz CT molecular complexity index is 927. The van der Waals surface area contributed by atoms with E-state index in [9.17, 15) is 9.59 Å². The number of amides is 2. The molecule has 1 unspecified atom stereocenters. The van der Waals surface area contributed by atoms with Crippen molar-refractivity contribution in [2.24, 2.45) is 0 Å². The van der Waals surface area contributed by atoms with Gasteiger partial charge in [-0.1, -0.05) is 61.2 Å². The van der Waals surface area contributed by atoms with Gasteiger partial charge in [0.2, 0.25) is 5.91 Å². The number of rotatable bonds is 9. The number of nitrogens with zero attached hydrogens (tertiary/aromatic N) is 1. The lowest BCUT2D eigenvalue weighted by molar-refractivity contribution is -0.142. The molecule has 2 aromatic rings. The Kier molecular flexibility index (Phi) is 8.83. The maximum absolute atomic E-state index is 13.2. The van der Waals surface area contributed by atoms with Crippen molar-refractivity contribution in [2.45, 2.75) is 64.6 Å². The molecule has 0 bridgehead atoms. The third kappa shape index (κ3) is 6.63. The first kappa shape index (κ1) is 24.4. The molecule has 0 heterocycles. The molecule has 0 spiro atoms. The van der Waals surface area contributed by atoms with Crippen molar-refractivity contribution in [1.82, 2.24) is 10.2 Å². The lowest BCUT2D eigenvalue weighted by Crippen LogP contribution is -2.50. The molecule has 32 heavy (non-hydrogen) atoms. The van der Waals surface area contributed by atoms with Crippen LogP contribution in [0.15, 0.2) is 42.5 Å². The van der Waals surface area contributed by atoms with E-state index in [4.69, 9.17) is 27.9 Å². The summed E-state index contributed by atoms with van der Waals surface area (Å²) in [4.78, 5) is 27.6. The van der Waals surface area contributed by atoms with Crippen molar-refractivity contribution < 1.29 is 14.3 Å². The van der Waals surface area contributed by atoms with Gasteiger partial charge in [-0.25, -0.2) is 0 Å². The molecule has 0 aromatic heterocycles. The van der Waals surface area contributed by atoms with Gasteiger partial charge in [0.25, 0.3) is 5.91 Å². The second kappa shape index (κ2) is 11.6. The van der Waals surface area contributed by atoms with Crippen LogP contribution in [0.25, 0.3) is 0 Å². The number of hydrogen-bond donors (Lipinski definition) is 1. The highest BCUT2D eigenvalue weighted by Crippen LogP contribution is 2.24. The maximum Gasteiger partial charge on any atom is 0.261 e. The van der Waals surface area contributed by atoms with Crippen LogP contribution in [0.2, 0.25) is 10.0 Å². The van der Waals surface area contributed by atoms with E-state index < -0.39 is 6.04 Å². The quantitative estimate of drug-likeness (QED) is 0.526. The van der Waals surface area contributed by atoms with Gasteiger partial charge in [-0.15, -0.1) is 0 Å². The predicted molar refractivity (Wildman–Crippen MR) is 128 cm³/mol. The second-order valence-electron chi connectivity index (χ2n) is 8.21. The Morgan fingerprint density at radius 1 is 1.12 bits per heavy atom. The number of nitrogens with one attached hydrogen (secondary N) is 1. The van der Waals surface area contributed by atoms with Crippen molar-refractivity contribution in [3.63, 3.8) is 0 Å². The fraction of sp³-hybridized carbons (Fsp3) is 0.440. The summed E-state index contributed by atoms with van der Waals surface area (Å²) in [5, 5.41) is 4.05. The highest BCUT2D eigenvalue weighted by atomic mass is 35.5. The molecule has 1 fully saturated rings. The lowest BCUT2D eigenvalue weighted by atomic mass is 10.1. The number of halogens is 2. The molecule has 1 N–H and O–H groups in total. The number of carbonyl (C=O) groups is 2. The van der Waals surface area contributed by atoms with Crippen molar-refractivity contribution >= 4 is 35.0 Å². The molecule has 3 rings (SSSR count). The van der Waals surface area contributed by atoms with Crippen LogP contribution in [0.5, 0.6) is 5.75 Å². The normalized spacial score (nSPS) is 14.8. The van der Waals surface area contributed by atoms with E-state index in [1.165, 1.54) is 10.5 Å². The zero-order chi connectivity index (χ0) is 23.1. The van der Waals surface area contributed by atoms with Crippen LogP contribution < -0.4 is 10.1 Å². The topological polar surface area (TPSA) is 58.6 Å². The van der Waals surface area contributed by atoms with Gasteiger partial charge in [-0.2, -0.15) is 0 Å². The summed E-state index contributed by atoms with van der Waals surface area (Å²) in [7, 11) is 0. The SMILES string of the molecule is CCc1ccc(OCC(=O)N(Cc2ccc(Cl)cc2Cl)C(C)C(=O)NC2CCCC2)cc1. The third-order valence-corrected chi connectivity index (χ3v) is 6.51. The van der Waals surface area contributed by atoms with Crippen LogP contribution in [0.3, 0.4) is 0 Å². The summed E-state index contributed by atoms with van der Waals surface area (Å²) < 4.78 is 5.72. The van der Waals surface area contributed by atoms with E-state index in [2.05, 4.69) is 12.2 Å². The largest absolute Gasteiger partial charge is 0.484 e. The first-order valence-corrected chi connectivity index (χ1v) is 11.9. The van der Waals surface area contributed by atoms with Crippen LogP contribution in [0.1, 0.15) is 50.7 Å². The fourth-order valence-corrected chi connectivity index (χ4v) is 4.33. The average Bonchev–Trinajstić information content (AvgIpc) is 3.30. The Hall–Kier alpha value is -2.24. The first-order chi connectivity index (χ1) is 15.4. The van der Waals surface area contributed by atoms with Gasteiger partial charge in [0, 0.05) is 22.6 Å². The summed E-state index contributed by atoms with van der Waals surface area (Å²) in [6.45, 7) is 3.84. The summed E-state index contributed by atoms with van der Waals surface area (Å²) in [6.07, 6.45) is 5.13. The van der Waals surface area contributed by atoms with E-state index in [0.717, 1.165) is 37.7 Å². The molecule has 1 aliphatic rings. The molecule has 5 nitrogen and oxygen atoms in total. The van der Waals surface area contributed by atoms with Crippen molar-refractivity contribution in [1.29, 1.82) is 0 Å². The monoisotopic (exact) mass is 476 g/mol. The Morgan fingerprint density at radius 3 is 2.44 bits per heavy atom. The van der Waals surface area contributed by atoms with Crippen LogP contribution >= 0.6 is 23.2 Å². The zero-order valence-electron chi connectivity index (χ0n) is 18.6. The molecule has 0 saturated heterocycles. The van der Waals surface area contributed by atoms with Crippen LogP contribution in [-0.4, -0.2) is 35.4 Å². The van der Waals surface area contributed by atoms with Crippen molar-refractivity contribution in [3.8, 4) is 5.75 Å². The van der Waals surface area contributed by atoms with Gasteiger partial charge >= 0.3 is 0 Å². The van der Waals surface area contributed by atoms with E-state index >= 15 is 0 Å². The summed E-state index contributed by atoms with van der Waals surface area (Å²) in [5.41, 5.74) is 1.91. The van der Waals surface area contributed by atoms with Crippen LogP contribution in [0.4, 0.5) is 0 Å². The minimum absolute atomic E-state index is 0.164. The lowest BCUT2D eigenvalue weighted by Gasteiger charge is -2.30. The molecule has 1 atom stereocenters. The molecule has 1 aliphatic carbocycles. The third-order valence-electron chi connectivity index (χ3n) is 5.92. The highest BCUT2D eigenvalue weighted by Gasteiger charge is 2.29. The Morgan fingerprint density at radius 2 is 1.81 bits per heavy atom. The molecular formula is C25H30Cl2N2O3. The van der Waals surface area contributed by atoms with Gasteiger partial charge < -0.3 is 15.0 Å². The molecule has 0 aliphatic heterocycles. The van der Waals surface area contributed by atoms with E-state index in [1.807, 2.05) is 24.3 Å². The zero-order valence-corrected chi connectivity index (χ0v) is 20.1. The molecule has 7 heteroatoms. The minimum atomic E-state index is -0.666. The van der Waals surface area contributed by atoms with Crippen LogP contribution in [0, 0.1) is 0 Å². The average molecular weight is 477 g/mol. The summed E-state index contributed by atoms with van der Waals surface area (Å²) >= 11 is 12.4. The number of hydrogen-bond acceptors (Lipinski definition) is 3. The molecule has 1 saturated carbocycles. The minimum Gasteiger partial charge on any atom is -0.484 e. The Labute approximate surface area is 200 Å². The van der Waals surface area contributed by atoms with E-state index in [-0.39, 0.29) is 31.0 Å². The fourth-order valence-electron chi connectivity index (χ4n) is 3.86. The molecule has 0 radical (unpaired) electrons. The highest BCUT2D eigenvalue weighted by molar-refractivity contribution is 6.35. The summed E-state index contributed by atoms with van der Waals surface area (Å²) in [6, 6.07) is 12.3. The van der Waals surface area contributed by atoms with Gasteiger partial charge in [0.1, 0.15) is 11.8 Å². The molecule has 172 valence electrons. The predicted octanol–water partition coefficient (Wildman–Crippen LogP) is 5.41. The first-order valence-electron chi connectivity index (χ1n) is 11.1. The smallest absolute Gasteiger partial charge is 0.261 e. The number of benzene rings is 2. The van der Waals surface area contributed by atoms with Gasteiger partial charge in [0.05, 0.1) is 0 Å². The van der Waals surface area contributed by atoms with Gasteiger partial charge in [-0.3, -0.25) is 9.59 Å². The molecular weight excluding hydrogens is 447 g/mol. The maximum atomic E-state index is 13.2. The molecule has 2 amide bonds.